The van der Waals surface area contributed by atoms with E-state index in [-0.39, 0.29) is 104 Å². The summed E-state index contributed by atoms with van der Waals surface area (Å²) in [6.07, 6.45) is 10.1. The number of Topliss-reactive ketones (excluding diaryl/α,β-unsaturated/α-hetero) is 2. The number of hydrogen-bond acceptors (Lipinski definition) is 14. The van der Waals surface area contributed by atoms with Crippen molar-refractivity contribution in [2.45, 2.75) is 134 Å². The summed E-state index contributed by atoms with van der Waals surface area (Å²) in [6.45, 7) is 12.2. The molecule has 0 aromatic heterocycles. The molecule has 2 saturated carbocycles. The summed E-state index contributed by atoms with van der Waals surface area (Å²) < 4.78 is 23.8. The molecule has 3 aliphatic heterocycles. The van der Waals surface area contributed by atoms with Crippen LogP contribution in [0.3, 0.4) is 0 Å². The van der Waals surface area contributed by atoms with Gasteiger partial charge in [0.25, 0.3) is 0 Å². The summed E-state index contributed by atoms with van der Waals surface area (Å²) in [5.41, 5.74) is 7.26. The van der Waals surface area contributed by atoms with Crippen LogP contribution in [0, 0.1) is 23.7 Å². The van der Waals surface area contributed by atoms with Crippen molar-refractivity contribution in [3.63, 3.8) is 0 Å². The van der Waals surface area contributed by atoms with Gasteiger partial charge >= 0.3 is 0 Å². The van der Waals surface area contributed by atoms with E-state index in [0.717, 1.165) is 44.2 Å². The molecule has 84 heavy (non-hydrogen) atoms. The zero-order valence-corrected chi connectivity index (χ0v) is 50.0. The topological polar surface area (TPSA) is 217 Å². The average Bonchev–Trinajstić information content (AvgIpc) is 1.50. The molecule has 7 atom stereocenters. The van der Waals surface area contributed by atoms with Crippen molar-refractivity contribution >= 4 is 58.3 Å². The number of epoxide rings is 1. The maximum absolute atomic E-state index is 14.7. The van der Waals surface area contributed by atoms with Crippen LogP contribution in [0.4, 0.5) is 11.4 Å². The standard InChI is InChI=1S/C65H85N7O12/c1-7-24-64-25-23-55-53-21-17-48-39-50(77)20-22-52(48)61(53)54(40-65(55,64)84-64)47-15-18-49(19-16-47)68(6)28-9-14-59(78)71-31-29-70(46(5)76)42-58(71)63(80)72-32-30-69(45(4)75)41-57(72)62(79)67-27-11-34-82-36-38-83-37-35-81-33-10-26-66-56-13-8-12-51(43(2)73)60(56)44(3)74/h8,12-13,15-16,18-19,39,53-55,57-58,66H,9-11,14,17,20-23,25-38,40-42H2,1-6H3,(H,67,79). The minimum Gasteiger partial charge on any atom is -0.384 e. The molecule has 7 unspecified atom stereocenters. The van der Waals surface area contributed by atoms with Crippen LogP contribution in [0.15, 0.2) is 65.3 Å². The van der Waals surface area contributed by atoms with Gasteiger partial charge in [0.2, 0.25) is 29.5 Å². The lowest BCUT2D eigenvalue weighted by Crippen LogP contribution is -2.67. The molecular formula is C65H85N7O12. The van der Waals surface area contributed by atoms with Gasteiger partial charge < -0.3 is 54.1 Å². The molecule has 9 rings (SSSR count). The van der Waals surface area contributed by atoms with Crippen LogP contribution in [-0.2, 0) is 47.7 Å². The number of carbonyl (C=O) groups is 8. The molecule has 5 amide bonds. The Hall–Kier alpha value is -6.72. The van der Waals surface area contributed by atoms with Crippen LogP contribution in [0.25, 0.3) is 0 Å². The fourth-order valence-electron chi connectivity index (χ4n) is 14.2. The SMILES string of the molecule is CC#CC12CCC3C4CCC5=CC(=O)CCC5=C4C(c4ccc(N(C)CCCC(=O)N5CCN(C(C)=O)CC5C(=O)N5CCN(C(C)=O)CC5C(=O)NCCCOCCOCCOCCCNc5cccc(C(C)=O)c5C(C)=O)cc4)CC31O2. The first-order valence-electron chi connectivity index (χ1n) is 30.4. The molecule has 0 bridgehead atoms. The molecule has 7 aliphatic rings. The van der Waals surface area contributed by atoms with Gasteiger partial charge in [-0.05, 0) is 131 Å². The molecule has 3 heterocycles. The van der Waals surface area contributed by atoms with E-state index in [1.165, 1.54) is 54.9 Å². The fraction of sp³-hybridized carbons (Fsp3) is 0.600. The van der Waals surface area contributed by atoms with E-state index in [4.69, 9.17) is 18.9 Å². The zero-order valence-electron chi connectivity index (χ0n) is 50.0. The summed E-state index contributed by atoms with van der Waals surface area (Å²) in [6, 6.07) is 12.0. The van der Waals surface area contributed by atoms with Crippen LogP contribution in [0.2, 0.25) is 0 Å². The third-order valence-corrected chi connectivity index (χ3v) is 18.5. The number of piperazine rings is 2. The number of hydrogen-bond donors (Lipinski definition) is 2. The van der Waals surface area contributed by atoms with E-state index < -0.39 is 23.9 Å². The molecule has 2 N–H and O–H groups in total. The van der Waals surface area contributed by atoms with Crippen molar-refractivity contribution in [3.05, 3.63) is 82.0 Å². The molecule has 0 radical (unpaired) electrons. The van der Waals surface area contributed by atoms with E-state index in [2.05, 4.69) is 51.6 Å². The van der Waals surface area contributed by atoms with Gasteiger partial charge in [-0.1, -0.05) is 35.8 Å². The quantitative estimate of drug-likeness (QED) is 0.0512. The Morgan fingerprint density at radius 2 is 1.42 bits per heavy atom. The molecule has 19 nitrogen and oxygen atoms in total. The first-order valence-corrected chi connectivity index (χ1v) is 30.4. The Morgan fingerprint density at radius 1 is 0.750 bits per heavy atom. The Labute approximate surface area is 494 Å². The van der Waals surface area contributed by atoms with Crippen molar-refractivity contribution in [2.75, 3.05) is 116 Å². The van der Waals surface area contributed by atoms with Crippen LogP contribution in [-0.4, -0.2) is 195 Å². The number of carbonyl (C=O) groups excluding carboxylic acids is 8. The smallest absolute Gasteiger partial charge is 0.248 e. The summed E-state index contributed by atoms with van der Waals surface area (Å²) in [5.74, 6) is 6.12. The second-order valence-corrected chi connectivity index (χ2v) is 23.6. The first-order chi connectivity index (χ1) is 40.5. The highest BCUT2D eigenvalue weighted by atomic mass is 16.6. The van der Waals surface area contributed by atoms with Crippen LogP contribution < -0.4 is 15.5 Å². The van der Waals surface area contributed by atoms with Crippen LogP contribution in [0.5, 0.6) is 0 Å². The molecule has 1 spiro atoms. The Kier molecular flexibility index (Phi) is 20.3. The number of rotatable bonds is 25. The van der Waals surface area contributed by atoms with Crippen LogP contribution >= 0.6 is 0 Å². The third kappa shape index (κ3) is 13.5. The predicted octanol–water partition coefficient (Wildman–Crippen LogP) is 5.91. The van der Waals surface area contributed by atoms with Gasteiger partial charge in [-0.25, -0.2) is 0 Å². The van der Waals surface area contributed by atoms with Gasteiger partial charge in [-0.2, -0.15) is 0 Å². The number of benzene rings is 2. The van der Waals surface area contributed by atoms with E-state index in [0.29, 0.717) is 107 Å². The number of allylic oxidation sites excluding steroid dienone is 4. The highest BCUT2D eigenvalue weighted by Gasteiger charge is 2.79. The lowest BCUT2D eigenvalue weighted by atomic mass is 9.57. The highest BCUT2D eigenvalue weighted by Crippen LogP contribution is 2.73. The van der Waals surface area contributed by atoms with Crippen molar-refractivity contribution in [1.29, 1.82) is 0 Å². The van der Waals surface area contributed by atoms with Gasteiger partial charge in [0.1, 0.15) is 17.7 Å². The predicted molar refractivity (Wildman–Crippen MR) is 316 cm³/mol. The molecule has 3 saturated heterocycles. The normalized spacial score (nSPS) is 25.0. The Bertz CT molecular complexity index is 2970. The lowest BCUT2D eigenvalue weighted by Gasteiger charge is -2.46. The van der Waals surface area contributed by atoms with Gasteiger partial charge in [0.05, 0.1) is 45.1 Å². The van der Waals surface area contributed by atoms with E-state index in [1.807, 2.05) is 20.0 Å². The number of anilines is 2. The largest absolute Gasteiger partial charge is 0.384 e. The van der Waals surface area contributed by atoms with E-state index in [1.54, 1.807) is 32.9 Å². The summed E-state index contributed by atoms with van der Waals surface area (Å²) in [7, 11) is 2.01. The minimum atomic E-state index is -1.01. The molecule has 2 aromatic rings. The molecular weight excluding hydrogens is 1070 g/mol. The number of ketones is 3. The molecule has 19 heteroatoms. The number of fused-ring (bicyclic) bond motifs is 3. The summed E-state index contributed by atoms with van der Waals surface area (Å²) in [4.78, 5) is 113. The van der Waals surface area contributed by atoms with Crippen molar-refractivity contribution in [2.24, 2.45) is 11.8 Å². The number of nitrogens with zero attached hydrogens (tertiary/aromatic N) is 5. The monoisotopic (exact) mass is 1160 g/mol. The Morgan fingerprint density at radius 3 is 2.08 bits per heavy atom. The van der Waals surface area contributed by atoms with Gasteiger partial charge in [0.15, 0.2) is 23.0 Å². The van der Waals surface area contributed by atoms with Crippen LogP contribution in [0.1, 0.15) is 137 Å². The van der Waals surface area contributed by atoms with Gasteiger partial charge in [-0.3, -0.25) is 38.4 Å². The summed E-state index contributed by atoms with van der Waals surface area (Å²) in [5, 5.41) is 6.16. The zero-order chi connectivity index (χ0) is 59.7. The molecule has 4 aliphatic carbocycles. The summed E-state index contributed by atoms with van der Waals surface area (Å²) >= 11 is 0. The number of nitrogens with one attached hydrogen (secondary N) is 2. The third-order valence-electron chi connectivity index (χ3n) is 18.5. The second-order valence-electron chi connectivity index (χ2n) is 23.6. The first kappa shape index (κ1) is 61.8. The molecule has 2 aromatic carbocycles. The number of ether oxygens (including phenoxy) is 4. The van der Waals surface area contributed by atoms with Gasteiger partial charge in [0, 0.05) is 116 Å². The maximum Gasteiger partial charge on any atom is 0.248 e. The van der Waals surface area contributed by atoms with E-state index in [9.17, 15) is 38.4 Å². The maximum atomic E-state index is 14.7. The van der Waals surface area contributed by atoms with Gasteiger partial charge in [-0.15, -0.1) is 5.92 Å². The minimum absolute atomic E-state index is 0.00118. The highest BCUT2D eigenvalue weighted by molar-refractivity contribution is 6.10. The molecule has 452 valence electrons. The Balaban J connectivity index is 0.725. The van der Waals surface area contributed by atoms with E-state index >= 15 is 0 Å². The lowest BCUT2D eigenvalue weighted by molar-refractivity contribution is -0.158. The van der Waals surface area contributed by atoms with Crippen molar-refractivity contribution < 1.29 is 57.3 Å². The second kappa shape index (κ2) is 27.5. The fourth-order valence-corrected chi connectivity index (χ4v) is 14.2. The average molecular weight is 1160 g/mol. The van der Waals surface area contributed by atoms with Crippen molar-refractivity contribution in [1.82, 2.24) is 24.9 Å². The number of amides is 5. The van der Waals surface area contributed by atoms with Crippen molar-refractivity contribution in [3.8, 4) is 11.8 Å². The molecule has 5 fully saturated rings.